The fourth-order valence-electron chi connectivity index (χ4n) is 2.71. The van der Waals surface area contributed by atoms with Gasteiger partial charge < -0.3 is 14.2 Å². The van der Waals surface area contributed by atoms with E-state index in [1.54, 1.807) is 25.3 Å². The Balaban J connectivity index is 1.70. The number of ether oxygens (including phenoxy) is 3. The maximum atomic E-state index is 11.9. The lowest BCUT2D eigenvalue weighted by atomic mass is 10.1. The zero-order valence-electron chi connectivity index (χ0n) is 16.9. The van der Waals surface area contributed by atoms with Crippen molar-refractivity contribution in [1.82, 2.24) is 0 Å². The molecule has 0 unspecified atom stereocenters. The average molecular weight is 383 g/mol. The third kappa shape index (κ3) is 8.30. The molecule has 0 aliphatic carbocycles. The first-order chi connectivity index (χ1) is 13.7. The molecule has 0 fully saturated rings. The fraction of sp³-hybridized carbons (Fsp3) is 0.375. The Labute approximate surface area is 168 Å². The van der Waals surface area contributed by atoms with Gasteiger partial charge in [-0.25, -0.2) is 4.79 Å². The largest absolute Gasteiger partial charge is 0.497 e. The predicted octanol–water partition coefficient (Wildman–Crippen LogP) is 6.05. The quantitative estimate of drug-likeness (QED) is 0.194. The lowest BCUT2D eigenvalue weighted by Gasteiger charge is -2.07. The van der Waals surface area contributed by atoms with Gasteiger partial charge >= 0.3 is 5.97 Å². The summed E-state index contributed by atoms with van der Waals surface area (Å²) < 4.78 is 16.2. The second-order valence-electron chi connectivity index (χ2n) is 6.62. The van der Waals surface area contributed by atoms with Gasteiger partial charge in [0.2, 0.25) is 0 Å². The van der Waals surface area contributed by atoms with Crippen LogP contribution in [0.1, 0.15) is 51.0 Å². The molecule has 0 heterocycles. The van der Waals surface area contributed by atoms with E-state index in [-0.39, 0.29) is 0 Å². The van der Waals surface area contributed by atoms with Crippen LogP contribution in [0.3, 0.4) is 0 Å². The maximum Gasteiger partial charge on any atom is 0.336 e. The lowest BCUT2D eigenvalue weighted by molar-refractivity contribution is -0.128. The summed E-state index contributed by atoms with van der Waals surface area (Å²) in [5, 5.41) is 0. The minimum absolute atomic E-state index is 0.420. The van der Waals surface area contributed by atoms with Crippen LogP contribution in [0.2, 0.25) is 0 Å². The Hall–Kier alpha value is -2.75. The SMILES string of the molecule is CCCCCCCCOc1ccc(OC(=O)C=Cc2ccc(OC)cc2)cc1. The van der Waals surface area contributed by atoms with Crippen LogP contribution in [-0.4, -0.2) is 19.7 Å². The standard InChI is InChI=1S/C24H30O4/c1-3-4-5-6-7-8-19-27-22-14-16-23(17-15-22)28-24(25)18-11-20-9-12-21(26-2)13-10-20/h9-18H,3-8,19H2,1-2H3. The first kappa shape index (κ1) is 21.5. The molecule has 0 aromatic heterocycles. The highest BCUT2D eigenvalue weighted by Crippen LogP contribution is 2.19. The van der Waals surface area contributed by atoms with Crippen LogP contribution in [0.4, 0.5) is 0 Å². The van der Waals surface area contributed by atoms with Crippen molar-refractivity contribution < 1.29 is 19.0 Å². The Bertz CT molecular complexity index is 717. The monoisotopic (exact) mass is 382 g/mol. The van der Waals surface area contributed by atoms with Gasteiger partial charge in [0, 0.05) is 6.08 Å². The summed E-state index contributed by atoms with van der Waals surface area (Å²) in [5.41, 5.74) is 0.899. The smallest absolute Gasteiger partial charge is 0.336 e. The van der Waals surface area contributed by atoms with Crippen molar-refractivity contribution in [2.75, 3.05) is 13.7 Å². The molecule has 0 aliphatic heterocycles. The molecule has 4 heteroatoms. The topological polar surface area (TPSA) is 44.8 Å². The van der Waals surface area contributed by atoms with Crippen molar-refractivity contribution in [3.05, 3.63) is 60.2 Å². The number of carbonyl (C=O) groups excluding carboxylic acids is 1. The molecular formula is C24H30O4. The summed E-state index contributed by atoms with van der Waals surface area (Å²) in [7, 11) is 1.62. The molecule has 2 rings (SSSR count). The van der Waals surface area contributed by atoms with Crippen LogP contribution in [0.15, 0.2) is 54.6 Å². The van der Waals surface area contributed by atoms with Crippen LogP contribution in [0.25, 0.3) is 6.08 Å². The molecule has 0 aliphatic rings. The number of hydrogen-bond acceptors (Lipinski definition) is 4. The first-order valence-corrected chi connectivity index (χ1v) is 9.98. The van der Waals surface area contributed by atoms with E-state index in [2.05, 4.69) is 6.92 Å². The minimum atomic E-state index is -0.420. The van der Waals surface area contributed by atoms with Crippen LogP contribution in [0, 0.1) is 0 Å². The molecule has 0 spiro atoms. The van der Waals surface area contributed by atoms with Crippen LogP contribution >= 0.6 is 0 Å². The van der Waals surface area contributed by atoms with E-state index in [0.717, 1.165) is 30.1 Å². The predicted molar refractivity (Wildman–Crippen MR) is 113 cm³/mol. The molecule has 0 saturated carbocycles. The van der Waals surface area contributed by atoms with Gasteiger partial charge in [-0.05, 0) is 54.5 Å². The van der Waals surface area contributed by atoms with Crippen LogP contribution in [-0.2, 0) is 4.79 Å². The normalized spacial score (nSPS) is 10.8. The molecule has 4 nitrogen and oxygen atoms in total. The molecule has 150 valence electrons. The van der Waals surface area contributed by atoms with E-state index in [0.29, 0.717) is 5.75 Å². The summed E-state index contributed by atoms with van der Waals surface area (Å²) in [6.45, 7) is 2.94. The van der Waals surface area contributed by atoms with Crippen LogP contribution in [0.5, 0.6) is 17.2 Å². The summed E-state index contributed by atoms with van der Waals surface area (Å²) in [6.07, 6.45) is 10.6. The molecule has 2 aromatic carbocycles. The Kier molecular flexibility index (Phi) is 9.70. The van der Waals surface area contributed by atoms with Crippen molar-refractivity contribution in [2.24, 2.45) is 0 Å². The zero-order chi connectivity index (χ0) is 20.0. The molecule has 0 N–H and O–H groups in total. The number of carbonyl (C=O) groups is 1. The van der Waals surface area contributed by atoms with Crippen molar-refractivity contribution in [2.45, 2.75) is 45.4 Å². The average Bonchev–Trinajstić information content (AvgIpc) is 2.73. The van der Waals surface area contributed by atoms with E-state index >= 15 is 0 Å². The number of hydrogen-bond donors (Lipinski definition) is 0. The van der Waals surface area contributed by atoms with Crippen molar-refractivity contribution in [3.8, 4) is 17.2 Å². The summed E-state index contributed by atoms with van der Waals surface area (Å²) in [4.78, 5) is 11.9. The van der Waals surface area contributed by atoms with Gasteiger partial charge in [0.15, 0.2) is 0 Å². The molecule has 0 amide bonds. The molecular weight excluding hydrogens is 352 g/mol. The summed E-state index contributed by atoms with van der Waals surface area (Å²) in [6, 6.07) is 14.6. The first-order valence-electron chi connectivity index (χ1n) is 9.98. The van der Waals surface area contributed by atoms with E-state index in [1.807, 2.05) is 36.4 Å². The molecule has 28 heavy (non-hydrogen) atoms. The van der Waals surface area contributed by atoms with E-state index in [9.17, 15) is 4.79 Å². The Morgan fingerprint density at radius 3 is 2.11 bits per heavy atom. The van der Waals surface area contributed by atoms with Gasteiger partial charge in [-0.3, -0.25) is 0 Å². The number of esters is 1. The summed E-state index contributed by atoms with van der Waals surface area (Å²) in [5.74, 6) is 1.65. The van der Waals surface area contributed by atoms with Gasteiger partial charge in [-0.2, -0.15) is 0 Å². The highest BCUT2D eigenvalue weighted by molar-refractivity contribution is 5.88. The second-order valence-corrected chi connectivity index (χ2v) is 6.62. The number of methoxy groups -OCH3 is 1. The van der Waals surface area contributed by atoms with Crippen molar-refractivity contribution in [1.29, 1.82) is 0 Å². The van der Waals surface area contributed by atoms with E-state index in [1.165, 1.54) is 38.2 Å². The molecule has 2 aromatic rings. The Morgan fingerprint density at radius 2 is 1.43 bits per heavy atom. The second kappa shape index (κ2) is 12.6. The molecule has 0 atom stereocenters. The van der Waals surface area contributed by atoms with Gasteiger partial charge in [0.05, 0.1) is 13.7 Å². The Morgan fingerprint density at radius 1 is 0.821 bits per heavy atom. The zero-order valence-corrected chi connectivity index (χ0v) is 16.9. The highest BCUT2D eigenvalue weighted by atomic mass is 16.5. The number of rotatable bonds is 12. The third-order valence-electron chi connectivity index (χ3n) is 4.34. The number of benzene rings is 2. The lowest BCUT2D eigenvalue weighted by Crippen LogP contribution is -2.03. The molecule has 0 radical (unpaired) electrons. The minimum Gasteiger partial charge on any atom is -0.497 e. The highest BCUT2D eigenvalue weighted by Gasteiger charge is 2.02. The maximum absolute atomic E-state index is 11.9. The van der Waals surface area contributed by atoms with Gasteiger partial charge in [0.25, 0.3) is 0 Å². The number of unbranched alkanes of at least 4 members (excludes halogenated alkanes) is 5. The van der Waals surface area contributed by atoms with E-state index in [4.69, 9.17) is 14.2 Å². The molecule has 0 saturated heterocycles. The molecule has 0 bridgehead atoms. The fourth-order valence-corrected chi connectivity index (χ4v) is 2.71. The third-order valence-corrected chi connectivity index (χ3v) is 4.34. The van der Waals surface area contributed by atoms with Gasteiger partial charge in [-0.1, -0.05) is 51.2 Å². The van der Waals surface area contributed by atoms with Gasteiger partial charge in [-0.15, -0.1) is 0 Å². The van der Waals surface area contributed by atoms with Crippen molar-refractivity contribution >= 4 is 12.0 Å². The van der Waals surface area contributed by atoms with E-state index < -0.39 is 5.97 Å². The van der Waals surface area contributed by atoms with Crippen molar-refractivity contribution in [3.63, 3.8) is 0 Å². The van der Waals surface area contributed by atoms with Crippen LogP contribution < -0.4 is 14.2 Å². The van der Waals surface area contributed by atoms with Gasteiger partial charge in [0.1, 0.15) is 17.2 Å². The summed E-state index contributed by atoms with van der Waals surface area (Å²) >= 11 is 0.